The van der Waals surface area contributed by atoms with Crippen molar-refractivity contribution in [1.82, 2.24) is 4.90 Å². The Morgan fingerprint density at radius 1 is 1.12 bits per heavy atom. The van der Waals surface area contributed by atoms with Crippen molar-refractivity contribution in [2.24, 2.45) is 4.99 Å². The molecule has 0 radical (unpaired) electrons. The predicted molar refractivity (Wildman–Crippen MR) is 104 cm³/mol. The van der Waals surface area contributed by atoms with Gasteiger partial charge in [-0.05, 0) is 24.6 Å². The van der Waals surface area contributed by atoms with Crippen LogP contribution < -0.4 is 5.32 Å². The van der Waals surface area contributed by atoms with Gasteiger partial charge in [0.2, 0.25) is 5.91 Å². The maximum Gasteiger partial charge on any atom is 0.255 e. The second-order valence-electron chi connectivity index (χ2n) is 6.08. The number of amides is 2. The lowest BCUT2D eigenvalue weighted by Crippen LogP contribution is -2.40. The molecule has 130 valence electrons. The van der Waals surface area contributed by atoms with Gasteiger partial charge in [0.1, 0.15) is 0 Å². The Balaban J connectivity index is 1.78. The number of allylic oxidation sites excluding steroid dienone is 1. The summed E-state index contributed by atoms with van der Waals surface area (Å²) >= 11 is 1.41. The van der Waals surface area contributed by atoms with E-state index in [1.54, 1.807) is 4.90 Å². The molecule has 1 N–H and O–H groups in total. The van der Waals surface area contributed by atoms with E-state index in [2.05, 4.69) is 10.3 Å². The van der Waals surface area contributed by atoms with Crippen LogP contribution in [0.1, 0.15) is 18.5 Å². The quantitative estimate of drug-likeness (QED) is 0.907. The first-order valence-corrected chi connectivity index (χ1v) is 9.29. The summed E-state index contributed by atoms with van der Waals surface area (Å²) in [5.41, 5.74) is 2.75. The highest BCUT2D eigenvalue weighted by molar-refractivity contribution is 8.15. The molecule has 2 amide bonds. The summed E-state index contributed by atoms with van der Waals surface area (Å²) < 4.78 is 0. The van der Waals surface area contributed by atoms with Gasteiger partial charge in [0.25, 0.3) is 5.91 Å². The first kappa shape index (κ1) is 16.6. The highest BCUT2D eigenvalue weighted by Gasteiger charge is 2.42. The molecule has 2 aromatic rings. The molecule has 2 aliphatic rings. The summed E-state index contributed by atoms with van der Waals surface area (Å²) in [7, 11) is 0. The summed E-state index contributed by atoms with van der Waals surface area (Å²) in [6.45, 7) is 1.82. The van der Waals surface area contributed by atoms with Crippen molar-refractivity contribution in [2.45, 2.75) is 13.0 Å². The molecular weight excluding hydrogens is 346 g/mol. The van der Waals surface area contributed by atoms with Gasteiger partial charge in [-0.15, -0.1) is 0 Å². The number of carbonyl (C=O) groups is 2. The minimum Gasteiger partial charge on any atom is -0.322 e. The Morgan fingerprint density at radius 3 is 2.46 bits per heavy atom. The second-order valence-corrected chi connectivity index (χ2v) is 7.02. The summed E-state index contributed by atoms with van der Waals surface area (Å²) in [6.07, 6.45) is 0. The van der Waals surface area contributed by atoms with Crippen LogP contribution >= 0.6 is 11.8 Å². The SMILES string of the molecule is CC1=C(C(=O)Nc2ccccc2)[C@@H](c2ccccc2)N2C(=O)CSC2=N1. The molecule has 1 fully saturated rings. The molecule has 0 saturated carbocycles. The van der Waals surface area contributed by atoms with E-state index in [1.807, 2.05) is 67.6 Å². The predicted octanol–water partition coefficient (Wildman–Crippen LogP) is 3.59. The summed E-state index contributed by atoms with van der Waals surface area (Å²) in [5.74, 6) is 0.0819. The van der Waals surface area contributed by atoms with Gasteiger partial charge >= 0.3 is 0 Å². The van der Waals surface area contributed by atoms with Gasteiger partial charge in [-0.25, -0.2) is 4.99 Å². The summed E-state index contributed by atoms with van der Waals surface area (Å²) in [6, 6.07) is 18.4. The molecule has 1 atom stereocenters. The number of nitrogens with zero attached hydrogens (tertiary/aromatic N) is 2. The van der Waals surface area contributed by atoms with Crippen molar-refractivity contribution >= 4 is 34.4 Å². The molecule has 4 rings (SSSR count). The number of aliphatic imine (C=N–C) groups is 1. The zero-order valence-corrected chi connectivity index (χ0v) is 15.0. The normalized spacial score (nSPS) is 19.3. The lowest BCUT2D eigenvalue weighted by Gasteiger charge is -2.33. The van der Waals surface area contributed by atoms with Crippen LogP contribution in [-0.2, 0) is 9.59 Å². The van der Waals surface area contributed by atoms with Crippen LogP contribution in [0, 0.1) is 0 Å². The van der Waals surface area contributed by atoms with Crippen LogP contribution in [0.3, 0.4) is 0 Å². The van der Waals surface area contributed by atoms with Gasteiger partial charge in [0.15, 0.2) is 5.17 Å². The maximum atomic E-state index is 13.1. The number of amidine groups is 1. The average Bonchev–Trinajstić information content (AvgIpc) is 3.02. The van der Waals surface area contributed by atoms with E-state index in [-0.39, 0.29) is 11.8 Å². The molecule has 5 nitrogen and oxygen atoms in total. The number of rotatable bonds is 3. The van der Waals surface area contributed by atoms with Crippen LogP contribution in [0.5, 0.6) is 0 Å². The van der Waals surface area contributed by atoms with Gasteiger partial charge in [0, 0.05) is 5.69 Å². The minimum atomic E-state index is -0.463. The van der Waals surface area contributed by atoms with E-state index in [1.165, 1.54) is 11.8 Å². The van der Waals surface area contributed by atoms with Crippen molar-refractivity contribution in [3.05, 3.63) is 77.5 Å². The van der Waals surface area contributed by atoms with E-state index in [9.17, 15) is 9.59 Å². The monoisotopic (exact) mass is 363 g/mol. The maximum absolute atomic E-state index is 13.1. The molecule has 2 heterocycles. The highest BCUT2D eigenvalue weighted by atomic mass is 32.2. The molecule has 2 aliphatic heterocycles. The number of fused-ring (bicyclic) bond motifs is 1. The van der Waals surface area contributed by atoms with E-state index >= 15 is 0 Å². The zero-order valence-electron chi connectivity index (χ0n) is 14.2. The van der Waals surface area contributed by atoms with E-state index in [0.717, 1.165) is 5.56 Å². The molecule has 0 aliphatic carbocycles. The molecule has 1 saturated heterocycles. The van der Waals surface area contributed by atoms with Gasteiger partial charge in [-0.3, -0.25) is 14.5 Å². The third-order valence-electron chi connectivity index (χ3n) is 4.38. The average molecular weight is 363 g/mol. The smallest absolute Gasteiger partial charge is 0.255 e. The molecule has 2 aromatic carbocycles. The highest BCUT2D eigenvalue weighted by Crippen LogP contribution is 2.40. The Kier molecular flexibility index (Phi) is 4.34. The fraction of sp³-hybridized carbons (Fsp3) is 0.150. The molecule has 0 spiro atoms. The van der Waals surface area contributed by atoms with Crippen molar-refractivity contribution < 1.29 is 9.59 Å². The number of thioether (sulfide) groups is 1. The van der Waals surface area contributed by atoms with Crippen molar-refractivity contribution in [3.63, 3.8) is 0 Å². The van der Waals surface area contributed by atoms with Crippen LogP contribution in [0.4, 0.5) is 5.69 Å². The fourth-order valence-electron chi connectivity index (χ4n) is 3.20. The van der Waals surface area contributed by atoms with Crippen LogP contribution in [-0.4, -0.2) is 27.6 Å². The second kappa shape index (κ2) is 6.80. The topological polar surface area (TPSA) is 61.8 Å². The summed E-state index contributed by atoms with van der Waals surface area (Å²) in [5, 5.41) is 3.59. The number of anilines is 1. The largest absolute Gasteiger partial charge is 0.322 e. The van der Waals surface area contributed by atoms with Crippen molar-refractivity contribution in [2.75, 3.05) is 11.1 Å². The fourth-order valence-corrected chi connectivity index (χ4v) is 4.14. The number of hydrogen-bond acceptors (Lipinski definition) is 4. The van der Waals surface area contributed by atoms with Gasteiger partial charge in [-0.1, -0.05) is 60.3 Å². The molecule has 0 bridgehead atoms. The molecular formula is C20H17N3O2S. The third-order valence-corrected chi connectivity index (χ3v) is 5.31. The minimum absolute atomic E-state index is 0.0277. The Labute approximate surface area is 155 Å². The summed E-state index contributed by atoms with van der Waals surface area (Å²) in [4.78, 5) is 31.7. The van der Waals surface area contributed by atoms with E-state index in [0.29, 0.717) is 27.9 Å². The zero-order chi connectivity index (χ0) is 18.1. The number of para-hydroxylation sites is 1. The molecule has 26 heavy (non-hydrogen) atoms. The molecule has 0 unspecified atom stereocenters. The Morgan fingerprint density at radius 2 is 1.77 bits per heavy atom. The Bertz CT molecular complexity index is 923. The third kappa shape index (κ3) is 2.93. The number of carbonyl (C=O) groups excluding carboxylic acids is 2. The lowest BCUT2D eigenvalue weighted by molar-refractivity contribution is -0.125. The van der Waals surface area contributed by atoms with Crippen molar-refractivity contribution in [1.29, 1.82) is 0 Å². The van der Waals surface area contributed by atoms with Crippen LogP contribution in [0.15, 0.2) is 76.9 Å². The standard InChI is InChI=1S/C20H17N3O2S/c1-13-17(19(25)22-15-10-6-3-7-11-15)18(14-8-4-2-5-9-14)23-16(24)12-26-20(23)21-13/h2-11,18H,12H2,1H3,(H,22,25)/t18-/m1/s1. The van der Waals surface area contributed by atoms with Gasteiger partial charge in [0.05, 0.1) is 23.1 Å². The molecule has 6 heteroatoms. The first-order chi connectivity index (χ1) is 12.6. The van der Waals surface area contributed by atoms with E-state index in [4.69, 9.17) is 0 Å². The van der Waals surface area contributed by atoms with Gasteiger partial charge in [-0.2, -0.15) is 0 Å². The van der Waals surface area contributed by atoms with Crippen molar-refractivity contribution in [3.8, 4) is 0 Å². The van der Waals surface area contributed by atoms with Crippen LogP contribution in [0.25, 0.3) is 0 Å². The lowest BCUT2D eigenvalue weighted by atomic mass is 9.94. The van der Waals surface area contributed by atoms with E-state index < -0.39 is 6.04 Å². The van der Waals surface area contributed by atoms with Crippen LogP contribution in [0.2, 0.25) is 0 Å². The number of hydrogen-bond donors (Lipinski definition) is 1. The molecule has 0 aromatic heterocycles. The first-order valence-electron chi connectivity index (χ1n) is 8.31. The number of benzene rings is 2. The Hall–Kier alpha value is -2.86. The van der Waals surface area contributed by atoms with Gasteiger partial charge < -0.3 is 5.32 Å². The number of nitrogens with one attached hydrogen (secondary N) is 1.